The first-order valence-corrected chi connectivity index (χ1v) is 8.63. The number of ether oxygens (including phenoxy) is 2. The Kier molecular flexibility index (Phi) is 4.37. The molecule has 8 nitrogen and oxygen atoms in total. The lowest BCUT2D eigenvalue weighted by Gasteiger charge is -2.08. The van der Waals surface area contributed by atoms with E-state index in [1.54, 1.807) is 0 Å². The molecule has 0 saturated heterocycles. The second-order valence-corrected chi connectivity index (χ2v) is 6.09. The van der Waals surface area contributed by atoms with Crippen LogP contribution in [0.4, 0.5) is 5.82 Å². The Hall–Kier alpha value is -3.55. The molecule has 27 heavy (non-hydrogen) atoms. The fourth-order valence-electron chi connectivity index (χ4n) is 2.96. The van der Waals surface area contributed by atoms with E-state index in [1.165, 1.54) is 4.68 Å². The van der Waals surface area contributed by atoms with Crippen molar-refractivity contribution in [2.75, 3.05) is 12.5 Å². The largest absolute Gasteiger partial charge is 0.454 e. The van der Waals surface area contributed by atoms with Gasteiger partial charge in [-0.1, -0.05) is 36.4 Å². The van der Waals surface area contributed by atoms with Crippen LogP contribution in [0, 0.1) is 0 Å². The number of para-hydroxylation sites is 1. The summed E-state index contributed by atoms with van der Waals surface area (Å²) in [5.74, 6) is 1.19. The SMILES string of the molecule is CCc1ccccc1-n1nnc(C(=O)NCc2ccc3c(c2)OCO3)c1N. The number of nitrogens with one attached hydrogen (secondary N) is 1. The van der Waals surface area contributed by atoms with Gasteiger partial charge in [-0.3, -0.25) is 4.79 Å². The van der Waals surface area contributed by atoms with E-state index in [1.807, 2.05) is 49.4 Å². The number of amides is 1. The zero-order chi connectivity index (χ0) is 18.8. The van der Waals surface area contributed by atoms with Crippen LogP contribution in [-0.2, 0) is 13.0 Å². The number of benzene rings is 2. The first-order valence-electron chi connectivity index (χ1n) is 8.63. The Bertz CT molecular complexity index is 999. The van der Waals surface area contributed by atoms with Gasteiger partial charge in [0, 0.05) is 6.54 Å². The van der Waals surface area contributed by atoms with E-state index in [-0.39, 0.29) is 24.2 Å². The van der Waals surface area contributed by atoms with Crippen molar-refractivity contribution in [3.63, 3.8) is 0 Å². The Labute approximate surface area is 155 Å². The second-order valence-electron chi connectivity index (χ2n) is 6.09. The van der Waals surface area contributed by atoms with E-state index in [4.69, 9.17) is 15.2 Å². The molecular formula is C19H19N5O3. The van der Waals surface area contributed by atoms with Crippen molar-refractivity contribution in [2.45, 2.75) is 19.9 Å². The van der Waals surface area contributed by atoms with Gasteiger partial charge in [0.2, 0.25) is 6.79 Å². The van der Waals surface area contributed by atoms with Crippen LogP contribution in [0.3, 0.4) is 0 Å². The smallest absolute Gasteiger partial charge is 0.275 e. The maximum atomic E-state index is 12.5. The maximum Gasteiger partial charge on any atom is 0.275 e. The number of hydrogen-bond donors (Lipinski definition) is 2. The quantitative estimate of drug-likeness (QED) is 0.717. The number of rotatable bonds is 5. The molecule has 1 aliphatic rings. The van der Waals surface area contributed by atoms with E-state index in [0.29, 0.717) is 18.0 Å². The molecule has 0 unspecified atom stereocenters. The summed E-state index contributed by atoms with van der Waals surface area (Å²) in [5.41, 5.74) is 9.02. The van der Waals surface area contributed by atoms with Crippen molar-refractivity contribution >= 4 is 11.7 Å². The number of nitrogens with two attached hydrogens (primary N) is 1. The van der Waals surface area contributed by atoms with Crippen molar-refractivity contribution < 1.29 is 14.3 Å². The average molecular weight is 365 g/mol. The molecule has 0 radical (unpaired) electrons. The van der Waals surface area contributed by atoms with Gasteiger partial charge in [0.15, 0.2) is 23.0 Å². The van der Waals surface area contributed by atoms with Crippen LogP contribution in [0.1, 0.15) is 28.5 Å². The third-order valence-corrected chi connectivity index (χ3v) is 4.41. The summed E-state index contributed by atoms with van der Waals surface area (Å²) >= 11 is 0. The summed E-state index contributed by atoms with van der Waals surface area (Å²) in [5, 5.41) is 10.8. The Morgan fingerprint density at radius 3 is 2.89 bits per heavy atom. The molecule has 4 rings (SSSR count). The van der Waals surface area contributed by atoms with Gasteiger partial charge >= 0.3 is 0 Å². The van der Waals surface area contributed by atoms with Crippen LogP contribution in [0.2, 0.25) is 0 Å². The fraction of sp³-hybridized carbons (Fsp3) is 0.211. The van der Waals surface area contributed by atoms with Gasteiger partial charge in [-0.05, 0) is 35.7 Å². The monoisotopic (exact) mass is 365 g/mol. The molecule has 8 heteroatoms. The topological polar surface area (TPSA) is 104 Å². The fourth-order valence-corrected chi connectivity index (χ4v) is 2.96. The maximum absolute atomic E-state index is 12.5. The molecule has 0 aliphatic carbocycles. The standard InChI is InChI=1S/C19H19N5O3/c1-2-13-5-3-4-6-14(13)24-18(20)17(22-23-24)19(25)21-10-12-7-8-15-16(9-12)27-11-26-15/h3-9H,2,10-11,20H2,1H3,(H,21,25). The summed E-state index contributed by atoms with van der Waals surface area (Å²) in [7, 11) is 0. The minimum absolute atomic E-state index is 0.0987. The van der Waals surface area contributed by atoms with Gasteiger partial charge in [-0.2, -0.15) is 4.68 Å². The van der Waals surface area contributed by atoms with Gasteiger partial charge in [-0.25, -0.2) is 0 Å². The molecule has 0 bridgehead atoms. The summed E-state index contributed by atoms with van der Waals surface area (Å²) < 4.78 is 12.1. The Morgan fingerprint density at radius 2 is 2.04 bits per heavy atom. The van der Waals surface area contributed by atoms with Gasteiger partial charge in [-0.15, -0.1) is 5.10 Å². The lowest BCUT2D eigenvalue weighted by Crippen LogP contribution is -2.24. The average Bonchev–Trinajstić information content (AvgIpc) is 3.32. The first kappa shape index (κ1) is 16.9. The predicted octanol–water partition coefficient (Wildman–Crippen LogP) is 2.07. The van der Waals surface area contributed by atoms with Crippen molar-refractivity contribution in [1.82, 2.24) is 20.3 Å². The van der Waals surface area contributed by atoms with Crippen molar-refractivity contribution in [3.8, 4) is 17.2 Å². The molecule has 138 valence electrons. The summed E-state index contributed by atoms with van der Waals surface area (Å²) in [6.07, 6.45) is 0.821. The Morgan fingerprint density at radius 1 is 1.22 bits per heavy atom. The van der Waals surface area contributed by atoms with E-state index in [0.717, 1.165) is 23.2 Å². The van der Waals surface area contributed by atoms with Crippen LogP contribution < -0.4 is 20.5 Å². The molecule has 0 atom stereocenters. The van der Waals surface area contributed by atoms with E-state index in [2.05, 4.69) is 15.6 Å². The molecule has 2 heterocycles. The van der Waals surface area contributed by atoms with Crippen molar-refractivity contribution in [3.05, 3.63) is 59.3 Å². The molecule has 1 aliphatic heterocycles. The molecule has 3 aromatic rings. The number of nitrogen functional groups attached to an aromatic ring is 1. The van der Waals surface area contributed by atoms with Gasteiger partial charge in [0.05, 0.1) is 5.69 Å². The molecule has 1 aromatic heterocycles. The number of aryl methyl sites for hydroxylation is 1. The molecule has 1 amide bonds. The summed E-state index contributed by atoms with van der Waals surface area (Å²) in [6, 6.07) is 13.3. The van der Waals surface area contributed by atoms with Crippen LogP contribution in [0.15, 0.2) is 42.5 Å². The number of nitrogens with zero attached hydrogens (tertiary/aromatic N) is 3. The van der Waals surface area contributed by atoms with Crippen LogP contribution in [0.25, 0.3) is 5.69 Å². The minimum atomic E-state index is -0.384. The van der Waals surface area contributed by atoms with E-state index >= 15 is 0 Å². The normalized spacial score (nSPS) is 12.2. The number of hydrogen-bond acceptors (Lipinski definition) is 6. The first-order chi connectivity index (χ1) is 13.2. The lowest BCUT2D eigenvalue weighted by molar-refractivity contribution is 0.0946. The third-order valence-electron chi connectivity index (χ3n) is 4.41. The summed E-state index contributed by atoms with van der Waals surface area (Å²) in [4.78, 5) is 12.5. The Balaban J connectivity index is 1.50. The van der Waals surface area contributed by atoms with Crippen molar-refractivity contribution in [1.29, 1.82) is 0 Å². The third kappa shape index (κ3) is 3.17. The van der Waals surface area contributed by atoms with Crippen LogP contribution in [0.5, 0.6) is 11.5 Å². The van der Waals surface area contributed by atoms with Crippen molar-refractivity contribution in [2.24, 2.45) is 0 Å². The van der Waals surface area contributed by atoms with Gasteiger partial charge in [0.1, 0.15) is 0 Å². The molecule has 0 spiro atoms. The van der Waals surface area contributed by atoms with Crippen LogP contribution in [-0.4, -0.2) is 27.7 Å². The van der Waals surface area contributed by atoms with Gasteiger partial charge < -0.3 is 20.5 Å². The number of carbonyl (C=O) groups excluding carboxylic acids is 1. The van der Waals surface area contributed by atoms with E-state index < -0.39 is 0 Å². The second kappa shape index (κ2) is 6.99. The lowest BCUT2D eigenvalue weighted by atomic mass is 10.1. The molecule has 0 fully saturated rings. The highest BCUT2D eigenvalue weighted by molar-refractivity contribution is 5.96. The number of carbonyl (C=O) groups is 1. The highest BCUT2D eigenvalue weighted by atomic mass is 16.7. The molecule has 0 saturated carbocycles. The molecular weight excluding hydrogens is 346 g/mol. The number of aromatic nitrogens is 3. The highest BCUT2D eigenvalue weighted by Crippen LogP contribution is 2.32. The van der Waals surface area contributed by atoms with Crippen LogP contribution >= 0.6 is 0 Å². The minimum Gasteiger partial charge on any atom is -0.454 e. The summed E-state index contributed by atoms with van der Waals surface area (Å²) in [6.45, 7) is 2.57. The molecule has 3 N–H and O–H groups in total. The zero-order valence-electron chi connectivity index (χ0n) is 14.8. The number of fused-ring (bicyclic) bond motifs is 1. The predicted molar refractivity (Wildman–Crippen MR) is 98.9 cm³/mol. The highest BCUT2D eigenvalue weighted by Gasteiger charge is 2.20. The molecule has 2 aromatic carbocycles. The van der Waals surface area contributed by atoms with Gasteiger partial charge in [0.25, 0.3) is 5.91 Å². The zero-order valence-corrected chi connectivity index (χ0v) is 14.8. The number of anilines is 1. The van der Waals surface area contributed by atoms with E-state index in [9.17, 15) is 4.79 Å².